The van der Waals surface area contributed by atoms with Crippen molar-refractivity contribution in [2.75, 3.05) is 6.61 Å². The average Bonchev–Trinajstić information content (AvgIpc) is 3.30. The lowest BCUT2D eigenvalue weighted by Gasteiger charge is -2.27. The molecule has 0 aromatic heterocycles. The summed E-state index contributed by atoms with van der Waals surface area (Å²) in [6, 6.07) is 5.52. The SMILES string of the molecule is CCCCCCCCCCCCO[C@H]1O[C@H]([C@H](C)NC(=O)c2ccccc2F)[C@@H]2OC(C)(C)O[C@H]12. The van der Waals surface area contributed by atoms with Crippen molar-refractivity contribution >= 4 is 5.91 Å². The minimum Gasteiger partial charge on any atom is -0.350 e. The van der Waals surface area contributed by atoms with E-state index >= 15 is 0 Å². The quantitative estimate of drug-likeness (QED) is 0.298. The zero-order valence-electron chi connectivity index (χ0n) is 21.9. The molecule has 0 saturated carbocycles. The Kier molecular flexibility index (Phi) is 11.0. The Balaban J connectivity index is 1.42. The molecule has 1 N–H and O–H groups in total. The minimum absolute atomic E-state index is 0.00609. The van der Waals surface area contributed by atoms with Crippen LogP contribution in [0.1, 0.15) is 102 Å². The Labute approximate surface area is 210 Å². The van der Waals surface area contributed by atoms with Gasteiger partial charge in [-0.15, -0.1) is 0 Å². The highest BCUT2D eigenvalue weighted by atomic mass is 19.1. The summed E-state index contributed by atoms with van der Waals surface area (Å²) >= 11 is 0. The molecule has 0 radical (unpaired) electrons. The van der Waals surface area contributed by atoms with Gasteiger partial charge in [-0.05, 0) is 39.3 Å². The lowest BCUT2D eigenvalue weighted by Crippen LogP contribution is -2.47. The van der Waals surface area contributed by atoms with Crippen LogP contribution in [0.2, 0.25) is 0 Å². The summed E-state index contributed by atoms with van der Waals surface area (Å²) in [6.45, 7) is 8.41. The van der Waals surface area contributed by atoms with Crippen LogP contribution in [0.4, 0.5) is 4.39 Å². The standard InChI is InChI=1S/C28H44FNO5/c1-5-6-7-8-9-10-11-12-13-16-19-32-27-25-24(34-28(3,4)35-25)23(33-27)20(2)30-26(31)21-17-14-15-18-22(21)29/h14-15,17-18,20,23-25,27H,5-13,16,19H2,1-4H3,(H,30,31)/t20-,23+,24-,25-,27-/m0/s1. The van der Waals surface area contributed by atoms with E-state index in [0.29, 0.717) is 6.61 Å². The van der Waals surface area contributed by atoms with Gasteiger partial charge in [-0.25, -0.2) is 4.39 Å². The number of nitrogens with one attached hydrogen (secondary N) is 1. The molecule has 1 aromatic carbocycles. The van der Waals surface area contributed by atoms with Crippen LogP contribution in [0.5, 0.6) is 0 Å². The molecule has 0 unspecified atom stereocenters. The number of hydrogen-bond donors (Lipinski definition) is 1. The van der Waals surface area contributed by atoms with Crippen LogP contribution in [0.25, 0.3) is 0 Å². The summed E-state index contributed by atoms with van der Waals surface area (Å²) in [7, 11) is 0. The summed E-state index contributed by atoms with van der Waals surface area (Å²) in [4.78, 5) is 12.6. The fourth-order valence-corrected chi connectivity index (χ4v) is 4.93. The number of halogens is 1. The summed E-state index contributed by atoms with van der Waals surface area (Å²) in [5.41, 5.74) is 0.00609. The van der Waals surface area contributed by atoms with Gasteiger partial charge in [0.1, 0.15) is 24.1 Å². The molecule has 2 heterocycles. The van der Waals surface area contributed by atoms with Crippen LogP contribution in [0.15, 0.2) is 24.3 Å². The molecule has 2 fully saturated rings. The molecular weight excluding hydrogens is 449 g/mol. The summed E-state index contributed by atoms with van der Waals surface area (Å²) in [6.07, 6.45) is 10.9. The van der Waals surface area contributed by atoms with E-state index in [1.165, 1.54) is 63.5 Å². The molecule has 0 aliphatic carbocycles. The fourth-order valence-electron chi connectivity index (χ4n) is 4.93. The first-order chi connectivity index (χ1) is 16.8. The van der Waals surface area contributed by atoms with Crippen LogP contribution >= 0.6 is 0 Å². The van der Waals surface area contributed by atoms with Gasteiger partial charge in [0.25, 0.3) is 5.91 Å². The van der Waals surface area contributed by atoms with Crippen LogP contribution in [0.3, 0.4) is 0 Å². The van der Waals surface area contributed by atoms with E-state index in [4.69, 9.17) is 18.9 Å². The van der Waals surface area contributed by atoms with Crippen molar-refractivity contribution < 1.29 is 28.1 Å². The smallest absolute Gasteiger partial charge is 0.254 e. The number of rotatable bonds is 15. The van der Waals surface area contributed by atoms with E-state index in [1.54, 1.807) is 12.1 Å². The van der Waals surface area contributed by atoms with Crippen LogP contribution in [-0.2, 0) is 18.9 Å². The zero-order valence-corrected chi connectivity index (χ0v) is 21.9. The second-order valence-corrected chi connectivity index (χ2v) is 10.3. The Morgan fingerprint density at radius 3 is 2.26 bits per heavy atom. The third-order valence-corrected chi connectivity index (χ3v) is 6.80. The fraction of sp³-hybridized carbons (Fsp3) is 0.750. The lowest BCUT2D eigenvalue weighted by molar-refractivity contribution is -0.235. The van der Waals surface area contributed by atoms with Gasteiger partial charge in [0.15, 0.2) is 12.1 Å². The van der Waals surface area contributed by atoms with Crippen molar-refractivity contribution in [1.82, 2.24) is 5.32 Å². The van der Waals surface area contributed by atoms with Crippen molar-refractivity contribution in [3.8, 4) is 0 Å². The van der Waals surface area contributed by atoms with Gasteiger partial charge in [-0.1, -0.05) is 76.8 Å². The molecule has 1 aromatic rings. The highest BCUT2D eigenvalue weighted by Gasteiger charge is 2.57. The Morgan fingerprint density at radius 1 is 1.00 bits per heavy atom. The molecule has 0 bridgehead atoms. The van der Waals surface area contributed by atoms with E-state index in [2.05, 4.69) is 12.2 Å². The molecule has 5 atom stereocenters. The normalized spacial score (nSPS) is 26.0. The first-order valence-corrected chi connectivity index (χ1v) is 13.5. The third-order valence-electron chi connectivity index (χ3n) is 6.80. The number of benzene rings is 1. The Morgan fingerprint density at radius 2 is 1.60 bits per heavy atom. The first kappa shape index (κ1) is 28.0. The summed E-state index contributed by atoms with van der Waals surface area (Å²) in [5, 5.41) is 2.86. The monoisotopic (exact) mass is 493 g/mol. The van der Waals surface area contributed by atoms with Gasteiger partial charge in [-0.3, -0.25) is 4.79 Å². The number of ether oxygens (including phenoxy) is 4. The largest absolute Gasteiger partial charge is 0.350 e. The average molecular weight is 494 g/mol. The van der Waals surface area contributed by atoms with E-state index < -0.39 is 35.9 Å². The van der Waals surface area contributed by atoms with Crippen molar-refractivity contribution in [3.05, 3.63) is 35.6 Å². The Bertz CT molecular complexity index is 788. The predicted octanol–water partition coefficient (Wildman–Crippen LogP) is 6.13. The van der Waals surface area contributed by atoms with Crippen molar-refractivity contribution in [3.63, 3.8) is 0 Å². The van der Waals surface area contributed by atoms with E-state index in [0.717, 1.165) is 12.8 Å². The molecule has 3 rings (SSSR count). The molecule has 35 heavy (non-hydrogen) atoms. The molecular formula is C28H44FNO5. The maximum atomic E-state index is 14.0. The van der Waals surface area contributed by atoms with E-state index in [-0.39, 0.29) is 17.8 Å². The lowest BCUT2D eigenvalue weighted by atomic mass is 10.0. The highest BCUT2D eigenvalue weighted by Crippen LogP contribution is 2.40. The van der Waals surface area contributed by atoms with Gasteiger partial charge < -0.3 is 24.3 Å². The van der Waals surface area contributed by atoms with Crippen molar-refractivity contribution in [1.29, 1.82) is 0 Å². The molecule has 6 nitrogen and oxygen atoms in total. The molecule has 7 heteroatoms. The zero-order chi connectivity index (χ0) is 25.3. The van der Waals surface area contributed by atoms with Crippen molar-refractivity contribution in [2.24, 2.45) is 0 Å². The minimum atomic E-state index is -0.759. The van der Waals surface area contributed by atoms with Gasteiger partial charge in [0.05, 0.1) is 11.6 Å². The number of amides is 1. The predicted molar refractivity (Wildman–Crippen MR) is 134 cm³/mol. The first-order valence-electron chi connectivity index (χ1n) is 13.5. The van der Waals surface area contributed by atoms with Gasteiger partial charge >= 0.3 is 0 Å². The van der Waals surface area contributed by atoms with Crippen molar-refractivity contribution in [2.45, 2.75) is 128 Å². The van der Waals surface area contributed by atoms with Gasteiger partial charge in [0, 0.05) is 6.61 Å². The topological polar surface area (TPSA) is 66.0 Å². The third kappa shape index (κ3) is 8.24. The second kappa shape index (κ2) is 13.7. The number of hydrogen-bond acceptors (Lipinski definition) is 5. The second-order valence-electron chi connectivity index (χ2n) is 10.3. The molecule has 2 saturated heterocycles. The number of fused-ring (bicyclic) bond motifs is 1. The van der Waals surface area contributed by atoms with E-state index in [9.17, 15) is 9.18 Å². The number of carbonyl (C=O) groups excluding carboxylic acids is 1. The molecule has 2 aliphatic rings. The van der Waals surface area contributed by atoms with Crippen LogP contribution < -0.4 is 5.32 Å². The van der Waals surface area contributed by atoms with Gasteiger partial charge in [0.2, 0.25) is 0 Å². The molecule has 2 aliphatic heterocycles. The number of unbranched alkanes of at least 4 members (excludes halogenated alkanes) is 9. The molecule has 198 valence electrons. The summed E-state index contributed by atoms with van der Waals surface area (Å²) < 4.78 is 38.4. The maximum Gasteiger partial charge on any atom is 0.254 e. The van der Waals surface area contributed by atoms with E-state index in [1.807, 2.05) is 20.8 Å². The highest BCUT2D eigenvalue weighted by molar-refractivity contribution is 5.94. The molecule has 1 amide bonds. The van der Waals surface area contributed by atoms with Crippen LogP contribution in [0, 0.1) is 5.82 Å². The Hall–Kier alpha value is -1.54. The summed E-state index contributed by atoms with van der Waals surface area (Å²) in [5.74, 6) is -1.80. The van der Waals surface area contributed by atoms with Gasteiger partial charge in [-0.2, -0.15) is 0 Å². The maximum absolute atomic E-state index is 14.0. The van der Waals surface area contributed by atoms with Crippen LogP contribution in [-0.4, -0.2) is 48.9 Å². The molecule has 0 spiro atoms. The number of carbonyl (C=O) groups is 1.